The van der Waals surface area contributed by atoms with E-state index in [1.807, 2.05) is 35.0 Å². The Balaban J connectivity index is 1.87. The molecule has 0 unspecified atom stereocenters. The Morgan fingerprint density at radius 1 is 1.33 bits per heavy atom. The van der Waals surface area contributed by atoms with Crippen molar-refractivity contribution in [3.05, 3.63) is 30.3 Å². The zero-order chi connectivity index (χ0) is 14.8. The van der Waals surface area contributed by atoms with Crippen molar-refractivity contribution in [1.29, 1.82) is 0 Å². The van der Waals surface area contributed by atoms with Crippen molar-refractivity contribution < 1.29 is 9.53 Å². The molecule has 0 saturated carbocycles. The van der Waals surface area contributed by atoms with Crippen LogP contribution in [0, 0.1) is 0 Å². The fourth-order valence-corrected chi connectivity index (χ4v) is 2.38. The SMILES string of the molecule is CNC(=O)Nc1cc2n(n1)CCN2c1cccc(OC)c1. The number of hydrogen-bond donors (Lipinski definition) is 2. The molecule has 7 nitrogen and oxygen atoms in total. The number of ether oxygens (including phenoxy) is 1. The third-order valence-electron chi connectivity index (χ3n) is 3.40. The van der Waals surface area contributed by atoms with Crippen molar-refractivity contribution in [2.75, 3.05) is 30.9 Å². The summed E-state index contributed by atoms with van der Waals surface area (Å²) in [6.45, 7) is 1.62. The average Bonchev–Trinajstić information content (AvgIpc) is 3.06. The first kappa shape index (κ1) is 13.3. The van der Waals surface area contributed by atoms with E-state index < -0.39 is 0 Å². The summed E-state index contributed by atoms with van der Waals surface area (Å²) in [6, 6.07) is 9.46. The molecule has 0 bridgehead atoms. The number of benzene rings is 1. The molecule has 21 heavy (non-hydrogen) atoms. The molecule has 2 heterocycles. The van der Waals surface area contributed by atoms with Gasteiger partial charge in [0, 0.05) is 31.4 Å². The highest BCUT2D eigenvalue weighted by atomic mass is 16.5. The first-order chi connectivity index (χ1) is 10.2. The molecule has 0 atom stereocenters. The molecule has 1 aromatic heterocycles. The molecule has 7 heteroatoms. The van der Waals surface area contributed by atoms with Crippen LogP contribution in [0.1, 0.15) is 0 Å². The van der Waals surface area contributed by atoms with Crippen molar-refractivity contribution in [3.8, 4) is 5.75 Å². The Bertz CT molecular complexity index is 667. The van der Waals surface area contributed by atoms with Gasteiger partial charge in [-0.15, -0.1) is 0 Å². The van der Waals surface area contributed by atoms with Gasteiger partial charge < -0.3 is 15.0 Å². The summed E-state index contributed by atoms with van der Waals surface area (Å²) in [6.07, 6.45) is 0. The van der Waals surface area contributed by atoms with Gasteiger partial charge in [-0.25, -0.2) is 9.48 Å². The smallest absolute Gasteiger partial charge is 0.320 e. The largest absolute Gasteiger partial charge is 0.497 e. The molecule has 0 fully saturated rings. The predicted octanol–water partition coefficient (Wildman–Crippen LogP) is 1.79. The van der Waals surface area contributed by atoms with Gasteiger partial charge in [-0.05, 0) is 12.1 Å². The number of rotatable bonds is 3. The van der Waals surface area contributed by atoms with Gasteiger partial charge in [-0.1, -0.05) is 6.07 Å². The van der Waals surface area contributed by atoms with Gasteiger partial charge in [0.05, 0.1) is 13.7 Å². The Morgan fingerprint density at radius 2 is 2.19 bits per heavy atom. The number of amides is 2. The quantitative estimate of drug-likeness (QED) is 0.903. The number of nitrogens with one attached hydrogen (secondary N) is 2. The van der Waals surface area contributed by atoms with Crippen molar-refractivity contribution >= 4 is 23.4 Å². The first-order valence-corrected chi connectivity index (χ1v) is 6.69. The van der Waals surface area contributed by atoms with Crippen LogP contribution in [-0.4, -0.2) is 36.5 Å². The van der Waals surface area contributed by atoms with Crippen molar-refractivity contribution in [1.82, 2.24) is 15.1 Å². The second-order valence-electron chi connectivity index (χ2n) is 4.67. The average molecular weight is 287 g/mol. The van der Waals surface area contributed by atoms with Gasteiger partial charge in [-0.2, -0.15) is 5.10 Å². The van der Waals surface area contributed by atoms with Gasteiger partial charge in [-0.3, -0.25) is 5.32 Å². The summed E-state index contributed by atoms with van der Waals surface area (Å²) in [5, 5.41) is 9.56. The van der Waals surface area contributed by atoms with E-state index in [1.54, 1.807) is 14.2 Å². The third-order valence-corrected chi connectivity index (χ3v) is 3.40. The van der Waals surface area contributed by atoms with Crippen LogP contribution >= 0.6 is 0 Å². The molecule has 2 amide bonds. The van der Waals surface area contributed by atoms with Crippen LogP contribution in [0.5, 0.6) is 5.75 Å². The molecule has 2 N–H and O–H groups in total. The normalized spacial score (nSPS) is 13.0. The van der Waals surface area contributed by atoms with Crippen LogP contribution < -0.4 is 20.3 Å². The van der Waals surface area contributed by atoms with Gasteiger partial charge >= 0.3 is 6.03 Å². The van der Waals surface area contributed by atoms with E-state index in [0.717, 1.165) is 30.3 Å². The van der Waals surface area contributed by atoms with Crippen molar-refractivity contribution in [2.24, 2.45) is 0 Å². The van der Waals surface area contributed by atoms with E-state index in [2.05, 4.69) is 20.6 Å². The lowest BCUT2D eigenvalue weighted by atomic mass is 10.2. The minimum atomic E-state index is -0.278. The first-order valence-electron chi connectivity index (χ1n) is 6.69. The number of nitrogens with zero attached hydrogens (tertiary/aromatic N) is 3. The summed E-state index contributed by atoms with van der Waals surface area (Å²) in [5.41, 5.74) is 1.04. The van der Waals surface area contributed by atoms with E-state index in [9.17, 15) is 4.79 Å². The third kappa shape index (κ3) is 2.49. The number of hydrogen-bond acceptors (Lipinski definition) is 4. The fourth-order valence-electron chi connectivity index (χ4n) is 2.38. The summed E-state index contributed by atoms with van der Waals surface area (Å²) >= 11 is 0. The lowest BCUT2D eigenvalue weighted by Crippen LogP contribution is -2.24. The minimum absolute atomic E-state index is 0.278. The van der Waals surface area contributed by atoms with Crippen LogP contribution in [0.2, 0.25) is 0 Å². The fraction of sp³-hybridized carbons (Fsp3) is 0.286. The lowest BCUT2D eigenvalue weighted by Gasteiger charge is -2.17. The van der Waals surface area contributed by atoms with E-state index >= 15 is 0 Å². The van der Waals surface area contributed by atoms with Crippen LogP contribution in [0.25, 0.3) is 0 Å². The summed E-state index contributed by atoms with van der Waals surface area (Å²) < 4.78 is 7.14. The van der Waals surface area contributed by atoms with Gasteiger partial charge in [0.1, 0.15) is 11.6 Å². The van der Waals surface area contributed by atoms with E-state index in [0.29, 0.717) is 5.82 Å². The molecule has 1 aliphatic heterocycles. The van der Waals surface area contributed by atoms with E-state index in [1.165, 1.54) is 0 Å². The zero-order valence-electron chi connectivity index (χ0n) is 12.0. The number of carbonyl (C=O) groups excluding carboxylic acids is 1. The Hall–Kier alpha value is -2.70. The highest BCUT2D eigenvalue weighted by Gasteiger charge is 2.23. The Labute approximate surface area is 122 Å². The van der Waals surface area contributed by atoms with Crippen LogP contribution in [-0.2, 0) is 6.54 Å². The zero-order valence-corrected chi connectivity index (χ0v) is 12.0. The molecule has 1 aliphatic rings. The van der Waals surface area contributed by atoms with Gasteiger partial charge in [0.2, 0.25) is 0 Å². The molecule has 2 aromatic rings. The molecule has 0 aliphatic carbocycles. The van der Waals surface area contributed by atoms with Crippen LogP contribution in [0.15, 0.2) is 30.3 Å². The summed E-state index contributed by atoms with van der Waals surface area (Å²) in [5.74, 6) is 2.31. The standard InChI is InChI=1S/C14H17N5O2/c1-15-14(20)16-12-9-13-18(6-7-19(13)17-12)10-4-3-5-11(8-10)21-2/h3-5,8-9H,6-7H2,1-2H3,(H2,15,16,17,20). The summed E-state index contributed by atoms with van der Waals surface area (Å²) in [7, 11) is 3.22. The number of aromatic nitrogens is 2. The topological polar surface area (TPSA) is 71.4 Å². The highest BCUT2D eigenvalue weighted by Crippen LogP contribution is 2.33. The maximum atomic E-state index is 11.3. The molecule has 0 saturated heterocycles. The number of urea groups is 1. The maximum Gasteiger partial charge on any atom is 0.320 e. The Morgan fingerprint density at radius 3 is 2.95 bits per heavy atom. The molecule has 0 spiro atoms. The lowest BCUT2D eigenvalue weighted by molar-refractivity contribution is 0.254. The van der Waals surface area contributed by atoms with E-state index in [-0.39, 0.29) is 6.03 Å². The second kappa shape index (κ2) is 5.35. The second-order valence-corrected chi connectivity index (χ2v) is 4.67. The Kier molecular flexibility index (Phi) is 3.39. The van der Waals surface area contributed by atoms with Gasteiger partial charge in [0.15, 0.2) is 5.82 Å². The molecule has 1 aromatic carbocycles. The number of anilines is 3. The highest BCUT2D eigenvalue weighted by molar-refractivity contribution is 5.88. The number of fused-ring (bicyclic) bond motifs is 1. The monoisotopic (exact) mass is 287 g/mol. The van der Waals surface area contributed by atoms with Crippen LogP contribution in [0.4, 0.5) is 22.1 Å². The van der Waals surface area contributed by atoms with Crippen molar-refractivity contribution in [3.63, 3.8) is 0 Å². The number of methoxy groups -OCH3 is 1. The maximum absolute atomic E-state index is 11.3. The molecular weight excluding hydrogens is 270 g/mol. The predicted molar refractivity (Wildman–Crippen MR) is 80.3 cm³/mol. The van der Waals surface area contributed by atoms with E-state index in [4.69, 9.17) is 4.74 Å². The van der Waals surface area contributed by atoms with Gasteiger partial charge in [0.25, 0.3) is 0 Å². The molecular formula is C14H17N5O2. The summed E-state index contributed by atoms with van der Waals surface area (Å²) in [4.78, 5) is 13.5. The molecule has 0 radical (unpaired) electrons. The van der Waals surface area contributed by atoms with Crippen molar-refractivity contribution in [2.45, 2.75) is 6.54 Å². The minimum Gasteiger partial charge on any atom is -0.497 e. The van der Waals surface area contributed by atoms with Crippen LogP contribution in [0.3, 0.4) is 0 Å². The molecule has 110 valence electrons. The molecule has 3 rings (SSSR count). The number of carbonyl (C=O) groups is 1.